The van der Waals surface area contributed by atoms with Gasteiger partial charge in [0.2, 0.25) is 0 Å². The molecular formula is C9H5BrN2O2. The van der Waals surface area contributed by atoms with Crippen LogP contribution in [0.1, 0.15) is 10.5 Å². The van der Waals surface area contributed by atoms with Crippen molar-refractivity contribution in [3.8, 4) is 0 Å². The number of aldehydes is 1. The van der Waals surface area contributed by atoms with Gasteiger partial charge in [-0.3, -0.25) is 4.79 Å². The first-order chi connectivity index (χ1) is 6.72. The van der Waals surface area contributed by atoms with E-state index in [4.69, 9.17) is 0 Å². The Morgan fingerprint density at radius 3 is 2.93 bits per heavy atom. The molecule has 0 bridgehead atoms. The van der Waals surface area contributed by atoms with Crippen molar-refractivity contribution >= 4 is 33.1 Å². The predicted molar refractivity (Wildman–Crippen MR) is 55.5 cm³/mol. The number of H-pyrrole nitrogens is 1. The molecule has 1 N–H and O–H groups in total. The smallest absolute Gasteiger partial charge is 0.302 e. The first-order valence-corrected chi connectivity index (χ1v) is 4.65. The Bertz CT molecular complexity index is 562. The van der Waals surface area contributed by atoms with E-state index in [0.717, 1.165) is 0 Å². The average Bonchev–Trinajstić information content (AvgIpc) is 2.18. The quantitative estimate of drug-likeness (QED) is 0.783. The van der Waals surface area contributed by atoms with Crippen LogP contribution in [0.3, 0.4) is 0 Å². The normalized spacial score (nSPS) is 10.4. The Balaban J connectivity index is 3.02. The van der Waals surface area contributed by atoms with Crippen molar-refractivity contribution in [2.75, 3.05) is 0 Å². The lowest BCUT2D eigenvalue weighted by Crippen LogP contribution is -2.13. The zero-order chi connectivity index (χ0) is 10.1. The highest BCUT2D eigenvalue weighted by Gasteiger charge is 2.05. The predicted octanol–water partition coefficient (Wildman–Crippen LogP) is 1.50. The molecule has 0 radical (unpaired) electrons. The van der Waals surface area contributed by atoms with Crippen molar-refractivity contribution in [3.05, 3.63) is 38.9 Å². The van der Waals surface area contributed by atoms with Crippen molar-refractivity contribution in [1.29, 1.82) is 0 Å². The maximum atomic E-state index is 11.1. The molecule has 0 aliphatic carbocycles. The first kappa shape index (κ1) is 9.08. The van der Waals surface area contributed by atoms with Gasteiger partial charge in [-0.25, -0.2) is 4.79 Å². The standard InChI is InChI=1S/C9H5BrN2O2/c10-6-3-1-2-5-7(4-13)11-9(14)12-8(5)6/h1-4H,(H,11,12,14). The van der Waals surface area contributed by atoms with Gasteiger partial charge < -0.3 is 4.98 Å². The number of aromatic amines is 1. The molecule has 0 aliphatic rings. The van der Waals surface area contributed by atoms with E-state index in [2.05, 4.69) is 25.9 Å². The zero-order valence-electron chi connectivity index (χ0n) is 6.95. The van der Waals surface area contributed by atoms with Gasteiger partial charge in [-0.1, -0.05) is 12.1 Å². The number of carbonyl (C=O) groups is 1. The van der Waals surface area contributed by atoms with E-state index in [-0.39, 0.29) is 5.69 Å². The maximum absolute atomic E-state index is 11.1. The fraction of sp³-hybridized carbons (Fsp3) is 0. The molecule has 5 heteroatoms. The number of nitrogens with zero attached hydrogens (tertiary/aromatic N) is 1. The van der Waals surface area contributed by atoms with Crippen molar-refractivity contribution in [2.24, 2.45) is 0 Å². The SMILES string of the molecule is O=Cc1[nH]c(=O)nc2c(Br)cccc12. The molecule has 1 aromatic heterocycles. The number of halogens is 1. The molecule has 0 unspecified atom stereocenters. The lowest BCUT2D eigenvalue weighted by atomic mass is 10.2. The second kappa shape index (κ2) is 3.34. The van der Waals surface area contributed by atoms with Gasteiger partial charge in [0.05, 0.1) is 11.2 Å². The van der Waals surface area contributed by atoms with Gasteiger partial charge in [-0.15, -0.1) is 0 Å². The number of hydrogen-bond acceptors (Lipinski definition) is 3. The summed E-state index contributed by atoms with van der Waals surface area (Å²) in [5.41, 5.74) is 0.228. The molecule has 1 aromatic carbocycles. The summed E-state index contributed by atoms with van der Waals surface area (Å²) in [6, 6.07) is 5.27. The van der Waals surface area contributed by atoms with Crippen LogP contribution >= 0.6 is 15.9 Å². The number of para-hydroxylation sites is 1. The second-order valence-electron chi connectivity index (χ2n) is 2.71. The minimum atomic E-state index is -0.522. The van der Waals surface area contributed by atoms with Crippen molar-refractivity contribution in [1.82, 2.24) is 9.97 Å². The lowest BCUT2D eigenvalue weighted by molar-refractivity contribution is 0.112. The van der Waals surface area contributed by atoms with Gasteiger partial charge >= 0.3 is 5.69 Å². The molecular weight excluding hydrogens is 248 g/mol. The summed E-state index contributed by atoms with van der Waals surface area (Å²) < 4.78 is 0.698. The van der Waals surface area contributed by atoms with Crippen LogP contribution in [0.5, 0.6) is 0 Å². The van der Waals surface area contributed by atoms with E-state index in [1.807, 2.05) is 0 Å². The molecule has 0 spiro atoms. The molecule has 0 atom stereocenters. The minimum Gasteiger partial charge on any atom is -0.302 e. The van der Waals surface area contributed by atoms with Gasteiger partial charge in [-0.05, 0) is 22.0 Å². The van der Waals surface area contributed by atoms with Crippen LogP contribution in [0.2, 0.25) is 0 Å². The van der Waals surface area contributed by atoms with E-state index in [0.29, 0.717) is 21.7 Å². The fourth-order valence-corrected chi connectivity index (χ4v) is 1.71. The number of benzene rings is 1. The molecule has 1 heterocycles. The number of rotatable bonds is 1. The Morgan fingerprint density at radius 2 is 2.21 bits per heavy atom. The molecule has 0 amide bonds. The third kappa shape index (κ3) is 1.35. The van der Waals surface area contributed by atoms with Crippen molar-refractivity contribution in [3.63, 3.8) is 0 Å². The highest BCUT2D eigenvalue weighted by Crippen LogP contribution is 2.21. The molecule has 0 aliphatic heterocycles. The minimum absolute atomic E-state index is 0.251. The van der Waals surface area contributed by atoms with Gasteiger partial charge in [0, 0.05) is 9.86 Å². The average molecular weight is 253 g/mol. The van der Waals surface area contributed by atoms with Crippen LogP contribution in [-0.2, 0) is 0 Å². The Morgan fingerprint density at radius 1 is 1.43 bits per heavy atom. The third-order valence-corrected chi connectivity index (χ3v) is 2.49. The van der Waals surface area contributed by atoms with Crippen LogP contribution in [0.25, 0.3) is 10.9 Å². The van der Waals surface area contributed by atoms with Crippen LogP contribution < -0.4 is 5.69 Å². The van der Waals surface area contributed by atoms with Crippen molar-refractivity contribution in [2.45, 2.75) is 0 Å². The molecule has 2 rings (SSSR count). The first-order valence-electron chi connectivity index (χ1n) is 3.86. The summed E-state index contributed by atoms with van der Waals surface area (Å²) in [6.07, 6.45) is 0.609. The largest absolute Gasteiger partial charge is 0.346 e. The summed E-state index contributed by atoms with van der Waals surface area (Å²) in [5, 5.41) is 0.633. The summed E-state index contributed by atoms with van der Waals surface area (Å²) in [7, 11) is 0. The highest BCUT2D eigenvalue weighted by molar-refractivity contribution is 9.10. The van der Waals surface area contributed by atoms with Gasteiger partial charge in [0.25, 0.3) is 0 Å². The molecule has 0 saturated heterocycles. The summed E-state index contributed by atoms with van der Waals surface area (Å²) >= 11 is 3.26. The monoisotopic (exact) mass is 252 g/mol. The van der Waals surface area contributed by atoms with Gasteiger partial charge in [0.15, 0.2) is 6.29 Å². The lowest BCUT2D eigenvalue weighted by Gasteiger charge is -2.00. The molecule has 70 valence electrons. The number of carbonyl (C=O) groups excluding carboxylic acids is 1. The maximum Gasteiger partial charge on any atom is 0.346 e. The molecule has 4 nitrogen and oxygen atoms in total. The number of nitrogens with one attached hydrogen (secondary N) is 1. The third-order valence-electron chi connectivity index (χ3n) is 1.85. The van der Waals surface area contributed by atoms with E-state index < -0.39 is 5.69 Å². The van der Waals surface area contributed by atoms with Crippen LogP contribution in [0, 0.1) is 0 Å². The van der Waals surface area contributed by atoms with Crippen LogP contribution in [-0.4, -0.2) is 16.3 Å². The second-order valence-corrected chi connectivity index (χ2v) is 3.56. The Labute approximate surface area is 87.1 Å². The summed E-state index contributed by atoms with van der Waals surface area (Å²) in [5.74, 6) is 0. The van der Waals surface area contributed by atoms with E-state index in [1.165, 1.54) is 0 Å². The molecule has 0 saturated carbocycles. The molecule has 0 fully saturated rings. The van der Waals surface area contributed by atoms with Crippen LogP contribution in [0.4, 0.5) is 0 Å². The van der Waals surface area contributed by atoms with E-state index in [1.54, 1.807) is 18.2 Å². The highest BCUT2D eigenvalue weighted by atomic mass is 79.9. The van der Waals surface area contributed by atoms with Gasteiger partial charge in [0.1, 0.15) is 0 Å². The summed E-state index contributed by atoms with van der Waals surface area (Å²) in [4.78, 5) is 27.9. The Kier molecular flexibility index (Phi) is 2.17. The van der Waals surface area contributed by atoms with Gasteiger partial charge in [-0.2, -0.15) is 4.98 Å². The topological polar surface area (TPSA) is 62.8 Å². The van der Waals surface area contributed by atoms with Crippen molar-refractivity contribution < 1.29 is 4.79 Å². The summed E-state index contributed by atoms with van der Waals surface area (Å²) in [6.45, 7) is 0. The van der Waals surface area contributed by atoms with E-state index in [9.17, 15) is 9.59 Å². The molecule has 14 heavy (non-hydrogen) atoms. The fourth-order valence-electron chi connectivity index (χ4n) is 1.25. The Hall–Kier alpha value is -1.49. The molecule has 2 aromatic rings. The number of fused-ring (bicyclic) bond motifs is 1. The van der Waals surface area contributed by atoms with Crippen LogP contribution in [0.15, 0.2) is 27.5 Å². The number of hydrogen-bond donors (Lipinski definition) is 1. The zero-order valence-corrected chi connectivity index (χ0v) is 8.54. The number of aromatic nitrogens is 2. The van der Waals surface area contributed by atoms with E-state index >= 15 is 0 Å².